The van der Waals surface area contributed by atoms with Crippen LogP contribution in [-0.4, -0.2) is 73.6 Å². The number of carbonyl (C=O) groups is 1. The number of thiocarbonyl (C=S) groups is 1. The minimum atomic E-state index is -5.22. The van der Waals surface area contributed by atoms with E-state index in [1.807, 2.05) is 0 Å². The van der Waals surface area contributed by atoms with Crippen molar-refractivity contribution < 1.29 is 60.7 Å². The van der Waals surface area contributed by atoms with Crippen molar-refractivity contribution >= 4 is 46.7 Å². The van der Waals surface area contributed by atoms with Gasteiger partial charge in [-0.25, -0.2) is 13.7 Å². The monoisotopic (exact) mass is 498 g/mol. The number of aliphatic hydroxyl groups is 2. The molecule has 0 saturated carbocycles. The third kappa shape index (κ3) is 5.13. The fourth-order valence-electron chi connectivity index (χ4n) is 2.74. The summed E-state index contributed by atoms with van der Waals surface area (Å²) in [6.07, 6.45) is -5.72. The van der Waals surface area contributed by atoms with Gasteiger partial charge in [-0.1, -0.05) is 6.92 Å². The number of amides is 1. The van der Waals surface area contributed by atoms with E-state index in [1.54, 1.807) is 6.92 Å². The maximum Gasteiger partial charge on any atom is 0.492 e. The standard InChI is InChI=1S/C10H17N2O13P3S/c1-4-2-12(10(29)11-8(4)15)9-7(14)6(13)5(22-9)3-21-28(20)24-26(16,17)23-27(18,19)25-28/h4-7,9,13-14H,2-3H2,1H3,(H,16,17)(H,18,19)(H,11,15,29)/t4?,5-,6?,7+,9-/m1/s1. The fourth-order valence-corrected chi connectivity index (χ4v) is 7.96. The van der Waals surface area contributed by atoms with Gasteiger partial charge in [-0.3, -0.25) is 9.32 Å². The van der Waals surface area contributed by atoms with Crippen molar-refractivity contribution in [2.45, 2.75) is 31.5 Å². The Balaban J connectivity index is 1.67. The van der Waals surface area contributed by atoms with Crippen LogP contribution in [0.4, 0.5) is 0 Å². The quantitative estimate of drug-likeness (QED) is 0.237. The molecule has 29 heavy (non-hydrogen) atoms. The fraction of sp³-hybridized carbons (Fsp3) is 0.800. The average molecular weight is 498 g/mol. The lowest BCUT2D eigenvalue weighted by molar-refractivity contribution is -0.128. The normalized spacial score (nSPS) is 48.6. The molecule has 3 fully saturated rings. The lowest BCUT2D eigenvalue weighted by Gasteiger charge is -2.37. The molecular formula is C10H17N2O13P3S. The van der Waals surface area contributed by atoms with Gasteiger partial charge in [0.25, 0.3) is 0 Å². The molecule has 3 heterocycles. The zero-order valence-electron chi connectivity index (χ0n) is 14.5. The molecule has 0 spiro atoms. The van der Waals surface area contributed by atoms with Crippen molar-refractivity contribution in [2.75, 3.05) is 13.2 Å². The number of nitrogens with zero attached hydrogens (tertiary/aromatic N) is 1. The lowest BCUT2D eigenvalue weighted by Crippen LogP contribution is -2.59. The topological polar surface area (TPSA) is 211 Å². The Morgan fingerprint density at radius 3 is 2.34 bits per heavy atom. The molecule has 7 atom stereocenters. The molecule has 0 aromatic carbocycles. The zero-order valence-corrected chi connectivity index (χ0v) is 18.0. The van der Waals surface area contributed by atoms with E-state index in [2.05, 4.69) is 18.2 Å². The van der Waals surface area contributed by atoms with Crippen LogP contribution < -0.4 is 5.32 Å². The van der Waals surface area contributed by atoms with Crippen molar-refractivity contribution in [2.24, 2.45) is 5.92 Å². The molecule has 1 amide bonds. The van der Waals surface area contributed by atoms with Crippen LogP contribution in [0.2, 0.25) is 0 Å². The molecule has 166 valence electrons. The number of aliphatic hydroxyl groups excluding tert-OH is 2. The van der Waals surface area contributed by atoms with Gasteiger partial charge in [-0.2, -0.15) is 12.9 Å². The number of hydrogen-bond donors (Lipinski definition) is 5. The smallest absolute Gasteiger partial charge is 0.387 e. The van der Waals surface area contributed by atoms with E-state index in [0.29, 0.717) is 0 Å². The number of carbonyl (C=O) groups excluding carboxylic acids is 1. The van der Waals surface area contributed by atoms with Gasteiger partial charge in [-0.15, -0.1) is 0 Å². The van der Waals surface area contributed by atoms with Crippen molar-refractivity contribution in [3.63, 3.8) is 0 Å². The second kappa shape index (κ2) is 7.99. The maximum atomic E-state index is 12.2. The maximum absolute atomic E-state index is 12.2. The van der Waals surface area contributed by atoms with Gasteiger partial charge in [-0.05, 0) is 12.2 Å². The zero-order chi connectivity index (χ0) is 21.8. The number of hydrogen-bond acceptors (Lipinski definition) is 12. The highest BCUT2D eigenvalue weighted by Crippen LogP contribution is 2.80. The summed E-state index contributed by atoms with van der Waals surface area (Å²) in [4.78, 5) is 31.3. The lowest BCUT2D eigenvalue weighted by atomic mass is 10.1. The molecule has 3 saturated heterocycles. The summed E-state index contributed by atoms with van der Waals surface area (Å²) in [5, 5.41) is 22.8. The van der Waals surface area contributed by atoms with Crippen molar-refractivity contribution in [1.82, 2.24) is 10.2 Å². The molecule has 0 aromatic rings. The summed E-state index contributed by atoms with van der Waals surface area (Å²) in [6.45, 7) is 0.846. The van der Waals surface area contributed by atoms with Gasteiger partial charge in [0.05, 0.1) is 12.5 Å². The van der Waals surface area contributed by atoms with Gasteiger partial charge >= 0.3 is 23.5 Å². The summed E-state index contributed by atoms with van der Waals surface area (Å²) in [7, 11) is -15.5. The molecule has 0 aliphatic carbocycles. The van der Waals surface area contributed by atoms with Crippen LogP contribution in [0.25, 0.3) is 0 Å². The Labute approximate surface area is 168 Å². The molecule has 4 unspecified atom stereocenters. The van der Waals surface area contributed by atoms with E-state index in [1.165, 1.54) is 4.90 Å². The van der Waals surface area contributed by atoms with Crippen molar-refractivity contribution in [3.8, 4) is 0 Å². The van der Waals surface area contributed by atoms with Gasteiger partial charge < -0.3 is 35.0 Å². The Bertz CT molecular complexity index is 827. The third-order valence-corrected chi connectivity index (χ3v) is 9.77. The van der Waals surface area contributed by atoms with E-state index in [4.69, 9.17) is 21.5 Å². The molecule has 15 nitrogen and oxygen atoms in total. The first-order chi connectivity index (χ1) is 13.2. The first-order valence-corrected chi connectivity index (χ1v) is 12.8. The molecule has 3 aliphatic heterocycles. The summed E-state index contributed by atoms with van der Waals surface area (Å²) in [6, 6.07) is 0. The number of phosphoric acid groups is 3. The highest BCUT2D eigenvalue weighted by molar-refractivity contribution is 7.80. The van der Waals surface area contributed by atoms with Crippen LogP contribution in [0.15, 0.2) is 0 Å². The molecule has 0 radical (unpaired) electrons. The summed E-state index contributed by atoms with van der Waals surface area (Å²) >= 11 is 5.03. The second-order valence-corrected chi connectivity index (χ2v) is 11.7. The first kappa shape index (κ1) is 23.4. The highest BCUT2D eigenvalue weighted by atomic mass is 32.1. The van der Waals surface area contributed by atoms with Crippen LogP contribution in [0.5, 0.6) is 0 Å². The summed E-state index contributed by atoms with van der Waals surface area (Å²) in [5.41, 5.74) is 0. The van der Waals surface area contributed by atoms with Gasteiger partial charge in [0.1, 0.15) is 18.3 Å². The van der Waals surface area contributed by atoms with E-state index in [-0.39, 0.29) is 17.6 Å². The predicted octanol–water partition coefficient (Wildman–Crippen LogP) is -0.825. The average Bonchev–Trinajstić information content (AvgIpc) is 2.81. The Morgan fingerprint density at radius 1 is 1.17 bits per heavy atom. The Morgan fingerprint density at radius 2 is 1.76 bits per heavy atom. The Hall–Kier alpha value is -0.310. The minimum Gasteiger partial charge on any atom is -0.387 e. The predicted molar refractivity (Wildman–Crippen MR) is 93.7 cm³/mol. The molecule has 5 N–H and O–H groups in total. The van der Waals surface area contributed by atoms with Crippen LogP contribution in [0.1, 0.15) is 6.92 Å². The Kier molecular flexibility index (Phi) is 6.43. The molecule has 0 bridgehead atoms. The first-order valence-electron chi connectivity index (χ1n) is 7.89. The van der Waals surface area contributed by atoms with Crippen LogP contribution in [0, 0.1) is 5.92 Å². The van der Waals surface area contributed by atoms with Crippen molar-refractivity contribution in [3.05, 3.63) is 0 Å². The molecule has 3 rings (SSSR count). The van der Waals surface area contributed by atoms with Crippen LogP contribution >= 0.6 is 35.7 Å². The van der Waals surface area contributed by atoms with E-state index >= 15 is 0 Å². The summed E-state index contributed by atoms with van der Waals surface area (Å²) < 4.78 is 57.1. The number of ether oxygens (including phenoxy) is 1. The highest BCUT2D eigenvalue weighted by Gasteiger charge is 2.55. The molecule has 19 heteroatoms. The van der Waals surface area contributed by atoms with Crippen LogP contribution in [-0.2, 0) is 40.7 Å². The molecule has 0 aromatic heterocycles. The van der Waals surface area contributed by atoms with E-state index in [0.717, 1.165) is 0 Å². The molecular weight excluding hydrogens is 481 g/mol. The number of nitrogens with one attached hydrogen (secondary N) is 1. The second-order valence-electron chi connectivity index (χ2n) is 6.32. The third-order valence-electron chi connectivity index (χ3n) is 4.06. The van der Waals surface area contributed by atoms with Gasteiger partial charge in [0.2, 0.25) is 5.91 Å². The van der Waals surface area contributed by atoms with Gasteiger partial charge in [0, 0.05) is 6.54 Å². The van der Waals surface area contributed by atoms with E-state index in [9.17, 15) is 38.5 Å². The number of rotatable bonds is 4. The minimum absolute atomic E-state index is 0.0442. The largest absolute Gasteiger partial charge is 0.492 e. The SMILES string of the molecule is CC1CN([C@@H]2O[C@H](COP3(=O)OP(=O)(O)OP(=O)(O)O3)C(O)[C@@H]2O)C(=S)NC1=O. The molecule has 3 aliphatic rings. The van der Waals surface area contributed by atoms with Crippen molar-refractivity contribution in [1.29, 1.82) is 0 Å². The van der Waals surface area contributed by atoms with E-state index < -0.39 is 60.5 Å². The summed E-state index contributed by atoms with van der Waals surface area (Å²) in [5.74, 6) is -0.824. The van der Waals surface area contributed by atoms with Crippen LogP contribution in [0.3, 0.4) is 0 Å². The van der Waals surface area contributed by atoms with Gasteiger partial charge in [0.15, 0.2) is 11.3 Å².